The van der Waals surface area contributed by atoms with E-state index in [1.54, 1.807) is 6.07 Å². The van der Waals surface area contributed by atoms with E-state index in [-0.39, 0.29) is 24.1 Å². The Labute approximate surface area is 180 Å². The molecule has 0 saturated carbocycles. The number of aryl methyl sites for hydroxylation is 1. The highest BCUT2D eigenvalue weighted by Crippen LogP contribution is 2.45. The lowest BCUT2D eigenvalue weighted by Gasteiger charge is -2.37. The summed E-state index contributed by atoms with van der Waals surface area (Å²) in [6.45, 7) is 0. The van der Waals surface area contributed by atoms with Crippen LogP contribution in [0.25, 0.3) is 0 Å². The van der Waals surface area contributed by atoms with Crippen LogP contribution in [0.3, 0.4) is 0 Å². The number of nitrogens with zero attached hydrogens (tertiary/aromatic N) is 1. The van der Waals surface area contributed by atoms with Crippen LogP contribution in [0.15, 0.2) is 36.4 Å². The number of primary sulfonamides is 1. The molecule has 3 rings (SSSR count). The Hall–Kier alpha value is -1.80. The lowest BCUT2D eigenvalue weighted by Crippen LogP contribution is -2.34. The fraction of sp³-hybridized carbons (Fsp3) is 0.350. The lowest BCUT2D eigenvalue weighted by molar-refractivity contribution is 0.132. The van der Waals surface area contributed by atoms with E-state index >= 15 is 0 Å². The van der Waals surface area contributed by atoms with Gasteiger partial charge in [-0.05, 0) is 53.6 Å². The second-order valence-corrected chi connectivity index (χ2v) is 9.80. The molecule has 1 amide bonds. The van der Waals surface area contributed by atoms with Crippen LogP contribution >= 0.6 is 23.2 Å². The minimum atomic E-state index is -3.64. The fourth-order valence-corrected chi connectivity index (χ4v) is 4.84. The molecule has 3 N–H and O–H groups in total. The molecule has 0 saturated heterocycles. The molecule has 0 heterocycles. The van der Waals surface area contributed by atoms with Gasteiger partial charge in [0.2, 0.25) is 10.0 Å². The third-order valence-electron chi connectivity index (χ3n) is 5.44. The minimum Gasteiger partial charge on any atom is -0.465 e. The van der Waals surface area contributed by atoms with E-state index in [9.17, 15) is 18.3 Å². The summed E-state index contributed by atoms with van der Waals surface area (Å²) in [4.78, 5) is 12.9. The number of halogens is 2. The van der Waals surface area contributed by atoms with Crippen molar-refractivity contribution < 1.29 is 18.3 Å². The van der Waals surface area contributed by atoms with Crippen molar-refractivity contribution in [3.8, 4) is 0 Å². The molecule has 0 radical (unpaired) electrons. The van der Waals surface area contributed by atoms with Crippen LogP contribution in [0, 0.1) is 0 Å². The number of amides is 1. The number of hydrogen-bond donors (Lipinski definition) is 2. The molecule has 156 valence electrons. The number of sulfonamides is 1. The average molecular weight is 457 g/mol. The van der Waals surface area contributed by atoms with Crippen molar-refractivity contribution in [1.29, 1.82) is 0 Å². The van der Waals surface area contributed by atoms with Gasteiger partial charge in [0.15, 0.2) is 0 Å². The highest BCUT2D eigenvalue weighted by Gasteiger charge is 2.34. The molecular weight excluding hydrogens is 435 g/mol. The summed E-state index contributed by atoms with van der Waals surface area (Å²) < 4.78 is 23.0. The van der Waals surface area contributed by atoms with Crippen LogP contribution in [0.1, 0.15) is 47.1 Å². The number of carboxylic acid groups (broad SMARTS) is 1. The smallest absolute Gasteiger partial charge is 0.407 e. The molecule has 1 aliphatic rings. The summed E-state index contributed by atoms with van der Waals surface area (Å²) in [5.41, 5.74) is 3.60. The monoisotopic (exact) mass is 456 g/mol. The minimum absolute atomic E-state index is 0.00708. The Morgan fingerprint density at radius 3 is 2.55 bits per heavy atom. The Morgan fingerprint density at radius 1 is 1.21 bits per heavy atom. The summed E-state index contributed by atoms with van der Waals surface area (Å²) in [7, 11) is -2.11. The molecule has 0 bridgehead atoms. The number of carbonyl (C=O) groups is 1. The highest BCUT2D eigenvalue weighted by atomic mass is 35.5. The van der Waals surface area contributed by atoms with Gasteiger partial charge in [0.05, 0.1) is 21.8 Å². The summed E-state index contributed by atoms with van der Waals surface area (Å²) in [5.74, 6) is -0.197. The first-order chi connectivity index (χ1) is 13.6. The molecular formula is C20H22Cl2N2O4S. The highest BCUT2D eigenvalue weighted by molar-refractivity contribution is 7.89. The zero-order valence-electron chi connectivity index (χ0n) is 15.8. The number of rotatable bonds is 5. The van der Waals surface area contributed by atoms with E-state index in [2.05, 4.69) is 0 Å². The molecule has 0 aliphatic heterocycles. The van der Waals surface area contributed by atoms with Gasteiger partial charge in [-0.15, -0.1) is 0 Å². The van der Waals surface area contributed by atoms with E-state index in [4.69, 9.17) is 28.3 Å². The van der Waals surface area contributed by atoms with Gasteiger partial charge < -0.3 is 10.0 Å². The van der Waals surface area contributed by atoms with Gasteiger partial charge in [0.25, 0.3) is 0 Å². The first-order valence-electron chi connectivity index (χ1n) is 9.11. The molecule has 0 fully saturated rings. The van der Waals surface area contributed by atoms with Crippen LogP contribution in [0.5, 0.6) is 0 Å². The van der Waals surface area contributed by atoms with Crippen LogP contribution < -0.4 is 5.14 Å². The Balaban J connectivity index is 2.11. The van der Waals surface area contributed by atoms with Crippen molar-refractivity contribution in [3.05, 3.63) is 68.7 Å². The van der Waals surface area contributed by atoms with Crippen LogP contribution in [-0.2, 0) is 16.4 Å². The summed E-state index contributed by atoms with van der Waals surface area (Å²) in [5, 5.41) is 15.7. The first-order valence-corrected chi connectivity index (χ1v) is 11.6. The van der Waals surface area contributed by atoms with Crippen molar-refractivity contribution in [1.82, 2.24) is 4.90 Å². The molecule has 0 unspecified atom stereocenters. The zero-order chi connectivity index (χ0) is 21.3. The maximum Gasteiger partial charge on any atom is 0.407 e. The Kier molecular flexibility index (Phi) is 6.43. The third kappa shape index (κ3) is 4.86. The predicted octanol–water partition coefficient (Wildman–Crippen LogP) is 4.40. The Morgan fingerprint density at radius 2 is 1.93 bits per heavy atom. The summed E-state index contributed by atoms with van der Waals surface area (Å²) >= 11 is 12.3. The summed E-state index contributed by atoms with van der Waals surface area (Å²) in [6, 6.07) is 10.8. The third-order valence-corrected chi connectivity index (χ3v) is 6.95. The van der Waals surface area contributed by atoms with Crippen LogP contribution in [0.4, 0.5) is 4.79 Å². The van der Waals surface area contributed by atoms with E-state index in [0.717, 1.165) is 28.7 Å². The van der Waals surface area contributed by atoms with Gasteiger partial charge in [0, 0.05) is 13.0 Å². The first kappa shape index (κ1) is 21.9. The average Bonchev–Trinajstić information content (AvgIpc) is 2.66. The molecule has 1 aliphatic carbocycles. The molecule has 6 nitrogen and oxygen atoms in total. The Bertz CT molecular complexity index is 1040. The zero-order valence-corrected chi connectivity index (χ0v) is 18.1. The maximum absolute atomic E-state index is 11.6. The largest absolute Gasteiger partial charge is 0.465 e. The predicted molar refractivity (Wildman–Crippen MR) is 114 cm³/mol. The normalized spacial score (nSPS) is 18.9. The van der Waals surface area contributed by atoms with E-state index in [0.29, 0.717) is 16.5 Å². The molecule has 0 spiro atoms. The van der Waals surface area contributed by atoms with Gasteiger partial charge in [-0.2, -0.15) is 0 Å². The van der Waals surface area contributed by atoms with Crippen molar-refractivity contribution in [2.45, 2.75) is 31.2 Å². The second kappa shape index (κ2) is 8.52. The molecule has 2 aromatic carbocycles. The van der Waals surface area contributed by atoms with Gasteiger partial charge in [0.1, 0.15) is 0 Å². The quantitative estimate of drug-likeness (QED) is 0.695. The van der Waals surface area contributed by atoms with E-state index < -0.39 is 16.1 Å². The van der Waals surface area contributed by atoms with E-state index in [1.165, 1.54) is 11.9 Å². The van der Waals surface area contributed by atoms with Gasteiger partial charge >= 0.3 is 6.09 Å². The number of benzene rings is 2. The topological polar surface area (TPSA) is 101 Å². The van der Waals surface area contributed by atoms with Crippen LogP contribution in [0.2, 0.25) is 10.0 Å². The molecule has 0 aromatic heterocycles. The second-order valence-electron chi connectivity index (χ2n) is 7.25. The van der Waals surface area contributed by atoms with Crippen molar-refractivity contribution in [3.63, 3.8) is 0 Å². The molecule has 2 atom stereocenters. The number of fused-ring (bicyclic) bond motifs is 1. The standard InChI is InChI=1S/C20H22Cl2N2O4S/c1-24(20(25)26)18-8-6-14(13-5-7-16(21)17(22)11-13)15-4-2-3-12(19(15)18)9-10-29(23,27)28/h2-5,7,11,14,18H,6,8-10H2,1H3,(H,25,26)(H2,23,27,28)/t14-,18-/m0/s1. The lowest BCUT2D eigenvalue weighted by atomic mass is 9.74. The van der Waals surface area contributed by atoms with Crippen molar-refractivity contribution in [2.24, 2.45) is 5.14 Å². The van der Waals surface area contributed by atoms with Gasteiger partial charge in [-0.3, -0.25) is 0 Å². The van der Waals surface area contributed by atoms with Crippen LogP contribution in [-0.4, -0.2) is 37.3 Å². The molecule has 9 heteroatoms. The molecule has 2 aromatic rings. The molecule has 29 heavy (non-hydrogen) atoms. The number of hydrogen-bond acceptors (Lipinski definition) is 3. The van der Waals surface area contributed by atoms with E-state index in [1.807, 2.05) is 30.3 Å². The van der Waals surface area contributed by atoms with Crippen molar-refractivity contribution >= 4 is 39.3 Å². The van der Waals surface area contributed by atoms with Crippen molar-refractivity contribution in [2.75, 3.05) is 12.8 Å². The van der Waals surface area contributed by atoms with Gasteiger partial charge in [-0.25, -0.2) is 18.4 Å². The fourth-order valence-electron chi connectivity index (χ4n) is 4.03. The maximum atomic E-state index is 11.6. The number of nitrogens with two attached hydrogens (primary N) is 1. The summed E-state index contributed by atoms with van der Waals surface area (Å²) in [6.07, 6.45) is 0.522. The van der Waals surface area contributed by atoms with Gasteiger partial charge in [-0.1, -0.05) is 47.5 Å². The SMILES string of the molecule is CN(C(=O)O)[C@H]1CC[C@@H](c2ccc(Cl)c(Cl)c2)c2cccc(CCS(N)(=O)=O)c21.